The lowest BCUT2D eigenvalue weighted by Gasteiger charge is -2.22. The lowest BCUT2D eigenvalue weighted by molar-refractivity contribution is 0.0979. The summed E-state index contributed by atoms with van der Waals surface area (Å²) in [7, 11) is 1.57. The molecule has 1 unspecified atom stereocenters. The third-order valence-electron chi connectivity index (χ3n) is 10.0. The number of methoxy groups -OCH3 is 1. The molecule has 4 aliphatic rings. The number of aliphatic imine (C=N–C) groups is 2. The molecule has 0 bridgehead atoms. The van der Waals surface area contributed by atoms with Crippen molar-refractivity contribution in [1.29, 1.82) is 0 Å². The zero-order chi connectivity index (χ0) is 34.6. The van der Waals surface area contributed by atoms with Gasteiger partial charge in [-0.25, -0.2) is 0 Å². The SMILES string of the molecule is COc1cc2c(cc1OCc1cccc(COc3cc4c(cc3C)C(=O)N3c5ccccc5C[C@H]3C=N4)c1)N=CC1Cc3ccccc3N1C2=O. The number of aryl methyl sites for hydroxylation is 1. The van der Waals surface area contributed by atoms with Crippen LogP contribution < -0.4 is 24.0 Å². The maximum atomic E-state index is 13.8. The molecule has 4 aliphatic heterocycles. The summed E-state index contributed by atoms with van der Waals surface area (Å²) < 4.78 is 18.2. The van der Waals surface area contributed by atoms with Crippen molar-refractivity contribution in [2.24, 2.45) is 9.98 Å². The van der Waals surface area contributed by atoms with Crippen molar-refractivity contribution >= 4 is 47.0 Å². The highest BCUT2D eigenvalue weighted by Gasteiger charge is 2.37. The van der Waals surface area contributed by atoms with Gasteiger partial charge in [-0.3, -0.25) is 29.4 Å². The number of ether oxygens (including phenoxy) is 3. The van der Waals surface area contributed by atoms with Gasteiger partial charge in [0.25, 0.3) is 11.8 Å². The highest BCUT2D eigenvalue weighted by Crippen LogP contribution is 2.42. The number of carbonyl (C=O) groups is 2. The zero-order valence-electron chi connectivity index (χ0n) is 28.2. The maximum Gasteiger partial charge on any atom is 0.261 e. The molecule has 5 aromatic carbocycles. The van der Waals surface area contributed by atoms with E-state index in [4.69, 9.17) is 24.2 Å². The molecular weight excluding hydrogens is 640 g/mol. The number of hydrogen-bond donors (Lipinski definition) is 0. The largest absolute Gasteiger partial charge is 0.493 e. The highest BCUT2D eigenvalue weighted by atomic mass is 16.5. The predicted octanol–water partition coefficient (Wildman–Crippen LogP) is 7.74. The third-order valence-corrected chi connectivity index (χ3v) is 10.0. The Morgan fingerprint density at radius 3 is 1.75 bits per heavy atom. The van der Waals surface area contributed by atoms with E-state index in [0.29, 0.717) is 46.4 Å². The van der Waals surface area contributed by atoms with Gasteiger partial charge in [-0.2, -0.15) is 0 Å². The number of carbonyl (C=O) groups excluding carboxylic acids is 2. The smallest absolute Gasteiger partial charge is 0.261 e. The van der Waals surface area contributed by atoms with Crippen LogP contribution in [0.4, 0.5) is 22.7 Å². The Labute approximate surface area is 295 Å². The van der Waals surface area contributed by atoms with Gasteiger partial charge in [0, 0.05) is 48.8 Å². The molecule has 2 atom stereocenters. The van der Waals surface area contributed by atoms with Crippen LogP contribution in [-0.4, -0.2) is 43.4 Å². The fourth-order valence-electron chi connectivity index (χ4n) is 7.52. The quantitative estimate of drug-likeness (QED) is 0.176. The van der Waals surface area contributed by atoms with Crippen molar-refractivity contribution in [3.8, 4) is 17.2 Å². The molecule has 9 nitrogen and oxygen atoms in total. The van der Waals surface area contributed by atoms with E-state index < -0.39 is 0 Å². The first-order chi connectivity index (χ1) is 24.9. The lowest BCUT2D eigenvalue weighted by atomic mass is 10.1. The van der Waals surface area contributed by atoms with E-state index in [1.54, 1.807) is 19.2 Å². The Bertz CT molecular complexity index is 2310. The van der Waals surface area contributed by atoms with E-state index in [1.165, 1.54) is 0 Å². The van der Waals surface area contributed by atoms with Crippen molar-refractivity contribution in [2.45, 2.75) is 45.1 Å². The molecule has 0 saturated heterocycles. The number of fused-ring (bicyclic) bond motifs is 8. The van der Waals surface area contributed by atoms with Crippen molar-refractivity contribution in [2.75, 3.05) is 16.9 Å². The third kappa shape index (κ3) is 5.33. The number of anilines is 2. The van der Waals surface area contributed by atoms with E-state index in [2.05, 4.69) is 12.1 Å². The molecule has 9 rings (SSSR count). The van der Waals surface area contributed by atoms with Crippen LogP contribution in [0.5, 0.6) is 17.2 Å². The van der Waals surface area contributed by atoms with Gasteiger partial charge in [0.05, 0.1) is 41.7 Å². The summed E-state index contributed by atoms with van der Waals surface area (Å²) in [5.74, 6) is 1.49. The molecule has 0 saturated carbocycles. The first kappa shape index (κ1) is 30.8. The van der Waals surface area contributed by atoms with Gasteiger partial charge < -0.3 is 14.2 Å². The van der Waals surface area contributed by atoms with Crippen molar-refractivity contribution in [3.63, 3.8) is 0 Å². The zero-order valence-corrected chi connectivity index (χ0v) is 28.2. The minimum atomic E-state index is -0.136. The number of para-hydroxylation sites is 2. The second kappa shape index (κ2) is 12.3. The highest BCUT2D eigenvalue weighted by molar-refractivity contribution is 6.15. The van der Waals surface area contributed by atoms with Gasteiger partial charge in [0.1, 0.15) is 19.0 Å². The molecule has 51 heavy (non-hydrogen) atoms. The van der Waals surface area contributed by atoms with Crippen LogP contribution >= 0.6 is 0 Å². The molecule has 2 amide bonds. The Morgan fingerprint density at radius 2 is 1.16 bits per heavy atom. The van der Waals surface area contributed by atoms with Crippen LogP contribution in [0.2, 0.25) is 0 Å². The van der Waals surface area contributed by atoms with Gasteiger partial charge in [-0.05, 0) is 65.1 Å². The Hall–Kier alpha value is -6.22. The molecule has 252 valence electrons. The van der Waals surface area contributed by atoms with Crippen LogP contribution in [0.1, 0.15) is 48.5 Å². The van der Waals surface area contributed by atoms with E-state index in [0.717, 1.165) is 52.0 Å². The summed E-state index contributed by atoms with van der Waals surface area (Å²) in [6.07, 6.45) is 5.21. The fourth-order valence-corrected chi connectivity index (χ4v) is 7.52. The Balaban J connectivity index is 0.897. The van der Waals surface area contributed by atoms with Crippen LogP contribution in [0.15, 0.2) is 107 Å². The molecule has 5 aromatic rings. The second-order valence-electron chi connectivity index (χ2n) is 13.3. The molecular formula is C42H34N4O5. The number of amides is 2. The van der Waals surface area contributed by atoms with Gasteiger partial charge in [-0.1, -0.05) is 54.6 Å². The van der Waals surface area contributed by atoms with Crippen LogP contribution in [0.3, 0.4) is 0 Å². The molecule has 0 spiro atoms. The lowest BCUT2D eigenvalue weighted by Crippen LogP contribution is -2.37. The minimum Gasteiger partial charge on any atom is -0.493 e. The van der Waals surface area contributed by atoms with Gasteiger partial charge in [0.2, 0.25) is 0 Å². The maximum absolute atomic E-state index is 13.8. The van der Waals surface area contributed by atoms with Gasteiger partial charge >= 0.3 is 0 Å². The van der Waals surface area contributed by atoms with Gasteiger partial charge in [0.15, 0.2) is 11.5 Å². The van der Waals surface area contributed by atoms with Crippen LogP contribution in [0.25, 0.3) is 0 Å². The topological polar surface area (TPSA) is 93.0 Å². The van der Waals surface area contributed by atoms with E-state index in [1.807, 2.05) is 102 Å². The Kier molecular flexibility index (Phi) is 7.42. The molecule has 0 aliphatic carbocycles. The van der Waals surface area contributed by atoms with E-state index in [9.17, 15) is 9.59 Å². The minimum absolute atomic E-state index is 0.0459. The van der Waals surface area contributed by atoms with Crippen LogP contribution in [-0.2, 0) is 26.1 Å². The average Bonchev–Trinajstić information content (AvgIpc) is 3.65. The van der Waals surface area contributed by atoms with Crippen LogP contribution in [0, 0.1) is 6.92 Å². The first-order valence-corrected chi connectivity index (χ1v) is 17.1. The van der Waals surface area contributed by atoms with E-state index in [-0.39, 0.29) is 30.5 Å². The van der Waals surface area contributed by atoms with Crippen molar-refractivity contribution in [1.82, 2.24) is 0 Å². The molecule has 0 N–H and O–H groups in total. The second-order valence-corrected chi connectivity index (χ2v) is 13.3. The van der Waals surface area contributed by atoms with Gasteiger partial charge in [-0.15, -0.1) is 0 Å². The summed E-state index contributed by atoms with van der Waals surface area (Å²) in [4.78, 5) is 40.6. The monoisotopic (exact) mass is 674 g/mol. The number of nitrogens with zero attached hydrogens (tertiary/aromatic N) is 4. The normalized spacial score (nSPS) is 17.8. The van der Waals surface area contributed by atoms with Crippen molar-refractivity contribution < 1.29 is 23.8 Å². The summed E-state index contributed by atoms with van der Waals surface area (Å²) in [6, 6.07) is 31.0. The van der Waals surface area contributed by atoms with Crippen molar-refractivity contribution in [3.05, 3.63) is 136 Å². The molecule has 0 aromatic heterocycles. The molecule has 4 heterocycles. The standard InChI is InChI=1S/C42H34N4O5/c1-25-14-32-34(43-21-30-16-28-10-3-5-12-36(28)45(30)41(32)47)19-38(25)50-23-26-8-7-9-27(15-26)24-51-40-20-35-33(18-39(40)49-2)42(48)46-31(22-44-35)17-29-11-4-6-13-37(29)46/h3-15,18-22,30-31H,16-17,23-24H2,1-2H3/t30-,31?/m0/s1. The Morgan fingerprint density at radius 1 is 0.627 bits per heavy atom. The number of rotatable bonds is 7. The number of benzene rings is 5. The summed E-state index contributed by atoms with van der Waals surface area (Å²) in [6.45, 7) is 2.55. The van der Waals surface area contributed by atoms with E-state index >= 15 is 0 Å². The average molecular weight is 675 g/mol. The predicted molar refractivity (Wildman–Crippen MR) is 197 cm³/mol. The first-order valence-electron chi connectivity index (χ1n) is 17.1. The molecule has 9 heteroatoms. The summed E-state index contributed by atoms with van der Waals surface area (Å²) in [5.41, 5.74) is 9.15. The molecule has 0 fully saturated rings. The number of hydrogen-bond acceptors (Lipinski definition) is 7. The molecule has 0 radical (unpaired) electrons. The fraction of sp³-hybridized carbons (Fsp3) is 0.190. The summed E-state index contributed by atoms with van der Waals surface area (Å²) in [5, 5.41) is 0. The summed E-state index contributed by atoms with van der Waals surface area (Å²) >= 11 is 0.